The van der Waals surface area contributed by atoms with Crippen molar-refractivity contribution in [3.8, 4) is 5.82 Å². The second kappa shape index (κ2) is 7.95. The normalized spacial score (nSPS) is 11.6. The number of rotatable bonds is 4. The van der Waals surface area contributed by atoms with Gasteiger partial charge in [-0.1, -0.05) is 45.0 Å². The van der Waals surface area contributed by atoms with Crippen LogP contribution in [0, 0.1) is 13.8 Å². The van der Waals surface area contributed by atoms with Gasteiger partial charge in [-0.2, -0.15) is 9.78 Å². The van der Waals surface area contributed by atoms with Gasteiger partial charge in [0.1, 0.15) is 5.82 Å². The summed E-state index contributed by atoms with van der Waals surface area (Å²) in [7, 11) is 0. The minimum atomic E-state index is -0.158. The predicted octanol–water partition coefficient (Wildman–Crippen LogP) is 4.91. The van der Waals surface area contributed by atoms with Crippen LogP contribution in [0.1, 0.15) is 43.3 Å². The van der Waals surface area contributed by atoms with Crippen molar-refractivity contribution in [3.63, 3.8) is 0 Å². The van der Waals surface area contributed by atoms with Gasteiger partial charge in [-0.25, -0.2) is 4.98 Å². The summed E-state index contributed by atoms with van der Waals surface area (Å²) in [5, 5.41) is 8.83. The van der Waals surface area contributed by atoms with Crippen molar-refractivity contribution in [1.29, 1.82) is 0 Å². The van der Waals surface area contributed by atoms with Gasteiger partial charge in [-0.3, -0.25) is 9.78 Å². The Balaban J connectivity index is 1.66. The van der Waals surface area contributed by atoms with Gasteiger partial charge < -0.3 is 5.32 Å². The van der Waals surface area contributed by atoms with E-state index < -0.39 is 0 Å². The number of carbonyl (C=O) groups is 1. The Labute approximate surface area is 182 Å². The van der Waals surface area contributed by atoms with E-state index in [2.05, 4.69) is 38.0 Å². The molecule has 0 aliphatic carbocycles. The SMILES string of the molecule is Cc1nc2ccccc2c(C)c1CC(=O)Nc1cc(C(C)(C)C)nn1-c1ccccn1. The van der Waals surface area contributed by atoms with Gasteiger partial charge in [-0.05, 0) is 43.2 Å². The quantitative estimate of drug-likeness (QED) is 0.516. The van der Waals surface area contributed by atoms with Crippen molar-refractivity contribution in [2.45, 2.75) is 46.5 Å². The van der Waals surface area contributed by atoms with Crippen molar-refractivity contribution < 1.29 is 4.79 Å². The highest BCUT2D eigenvalue weighted by molar-refractivity contribution is 5.93. The summed E-state index contributed by atoms with van der Waals surface area (Å²) in [4.78, 5) is 22.2. The van der Waals surface area contributed by atoms with Crippen molar-refractivity contribution in [1.82, 2.24) is 19.7 Å². The third-order valence-electron chi connectivity index (χ3n) is 5.43. The predicted molar refractivity (Wildman–Crippen MR) is 124 cm³/mol. The third-order valence-corrected chi connectivity index (χ3v) is 5.43. The van der Waals surface area contributed by atoms with Crippen LogP contribution in [0.15, 0.2) is 54.7 Å². The number of hydrogen-bond acceptors (Lipinski definition) is 4. The molecule has 0 unspecified atom stereocenters. The van der Waals surface area contributed by atoms with E-state index in [1.54, 1.807) is 10.9 Å². The molecule has 0 spiro atoms. The number of amides is 1. The molecule has 0 saturated heterocycles. The molecule has 158 valence electrons. The second-order valence-corrected chi connectivity index (χ2v) is 8.81. The maximum atomic E-state index is 13.1. The third kappa shape index (κ3) is 4.19. The van der Waals surface area contributed by atoms with Crippen LogP contribution in [0.4, 0.5) is 5.82 Å². The number of anilines is 1. The van der Waals surface area contributed by atoms with Crippen LogP contribution in [0.3, 0.4) is 0 Å². The number of nitrogens with one attached hydrogen (secondary N) is 1. The second-order valence-electron chi connectivity index (χ2n) is 8.81. The summed E-state index contributed by atoms with van der Waals surface area (Å²) < 4.78 is 1.69. The maximum Gasteiger partial charge on any atom is 0.230 e. The van der Waals surface area contributed by atoms with Crippen LogP contribution in [0.5, 0.6) is 0 Å². The first kappa shape index (κ1) is 20.7. The van der Waals surface area contributed by atoms with Gasteiger partial charge in [0.15, 0.2) is 5.82 Å². The van der Waals surface area contributed by atoms with E-state index in [-0.39, 0.29) is 17.7 Å². The molecule has 0 fully saturated rings. The first-order chi connectivity index (χ1) is 14.7. The summed E-state index contributed by atoms with van der Waals surface area (Å²) in [6.45, 7) is 10.3. The van der Waals surface area contributed by atoms with Crippen molar-refractivity contribution in [2.24, 2.45) is 0 Å². The monoisotopic (exact) mass is 413 g/mol. The van der Waals surface area contributed by atoms with E-state index in [1.165, 1.54) is 0 Å². The highest BCUT2D eigenvalue weighted by Crippen LogP contribution is 2.27. The molecule has 1 N–H and O–H groups in total. The molecule has 31 heavy (non-hydrogen) atoms. The fraction of sp³-hybridized carbons (Fsp3) is 0.280. The molecule has 4 aromatic rings. The number of fused-ring (bicyclic) bond motifs is 1. The Morgan fingerprint density at radius 2 is 1.81 bits per heavy atom. The number of hydrogen-bond donors (Lipinski definition) is 1. The maximum absolute atomic E-state index is 13.1. The van der Waals surface area contributed by atoms with Crippen LogP contribution >= 0.6 is 0 Å². The van der Waals surface area contributed by atoms with Crippen LogP contribution in [0.25, 0.3) is 16.7 Å². The Hall–Kier alpha value is -3.54. The number of benzene rings is 1. The molecule has 0 bridgehead atoms. The van der Waals surface area contributed by atoms with Crippen molar-refractivity contribution in [2.75, 3.05) is 5.32 Å². The smallest absolute Gasteiger partial charge is 0.230 e. The number of para-hydroxylation sites is 1. The summed E-state index contributed by atoms with van der Waals surface area (Å²) in [5.74, 6) is 1.16. The van der Waals surface area contributed by atoms with Crippen LogP contribution in [-0.2, 0) is 16.6 Å². The molecule has 3 aromatic heterocycles. The van der Waals surface area contributed by atoms with E-state index >= 15 is 0 Å². The molecule has 1 aromatic carbocycles. The molecule has 4 rings (SSSR count). The minimum absolute atomic E-state index is 0.110. The molecule has 6 nitrogen and oxygen atoms in total. The standard InChI is InChI=1S/C25H27N5O/c1-16-18-10-6-7-11-20(18)27-17(2)19(16)14-24(31)28-23-15-21(25(3,4)5)29-30(23)22-12-8-9-13-26-22/h6-13,15H,14H2,1-5H3,(H,28,31). The van der Waals surface area contributed by atoms with E-state index in [0.29, 0.717) is 11.6 Å². The number of pyridine rings is 2. The molecule has 0 radical (unpaired) electrons. The Morgan fingerprint density at radius 3 is 2.52 bits per heavy atom. The van der Waals surface area contributed by atoms with Crippen LogP contribution in [0.2, 0.25) is 0 Å². The first-order valence-corrected chi connectivity index (χ1v) is 10.4. The van der Waals surface area contributed by atoms with Gasteiger partial charge in [0.05, 0.1) is 17.6 Å². The van der Waals surface area contributed by atoms with E-state index in [9.17, 15) is 4.79 Å². The fourth-order valence-corrected chi connectivity index (χ4v) is 3.67. The summed E-state index contributed by atoms with van der Waals surface area (Å²) in [6.07, 6.45) is 1.96. The summed E-state index contributed by atoms with van der Waals surface area (Å²) in [6, 6.07) is 15.6. The van der Waals surface area contributed by atoms with Gasteiger partial charge in [0, 0.05) is 28.8 Å². The van der Waals surface area contributed by atoms with Gasteiger partial charge in [0.2, 0.25) is 5.91 Å². The van der Waals surface area contributed by atoms with Gasteiger partial charge in [0.25, 0.3) is 0 Å². The van der Waals surface area contributed by atoms with Crippen molar-refractivity contribution in [3.05, 3.63) is 77.2 Å². The van der Waals surface area contributed by atoms with Gasteiger partial charge in [-0.15, -0.1) is 0 Å². The highest BCUT2D eigenvalue weighted by atomic mass is 16.1. The fourth-order valence-electron chi connectivity index (χ4n) is 3.67. The molecule has 0 saturated carbocycles. The van der Waals surface area contributed by atoms with Gasteiger partial charge >= 0.3 is 0 Å². The molecule has 6 heteroatoms. The number of carbonyl (C=O) groups excluding carboxylic acids is 1. The summed E-state index contributed by atoms with van der Waals surface area (Å²) >= 11 is 0. The molecule has 0 aliphatic heterocycles. The van der Waals surface area contributed by atoms with Crippen LogP contribution in [-0.4, -0.2) is 25.7 Å². The van der Waals surface area contributed by atoms with E-state index in [0.717, 1.165) is 33.4 Å². The first-order valence-electron chi connectivity index (χ1n) is 10.4. The molecule has 0 aliphatic rings. The Kier molecular flexibility index (Phi) is 5.31. The topological polar surface area (TPSA) is 72.7 Å². The number of aromatic nitrogens is 4. The number of aryl methyl sites for hydroxylation is 2. The molecular weight excluding hydrogens is 386 g/mol. The lowest BCUT2D eigenvalue weighted by molar-refractivity contribution is -0.115. The lowest BCUT2D eigenvalue weighted by Crippen LogP contribution is -2.19. The Morgan fingerprint density at radius 1 is 1.06 bits per heavy atom. The number of nitrogens with zero attached hydrogens (tertiary/aromatic N) is 4. The summed E-state index contributed by atoms with van der Waals surface area (Å²) in [5.41, 5.74) is 4.59. The molecular formula is C25H27N5O. The molecule has 1 amide bonds. The lowest BCUT2D eigenvalue weighted by atomic mass is 9.92. The van der Waals surface area contributed by atoms with Crippen molar-refractivity contribution >= 4 is 22.6 Å². The zero-order valence-electron chi connectivity index (χ0n) is 18.6. The largest absolute Gasteiger partial charge is 0.310 e. The molecule has 0 atom stereocenters. The Bertz CT molecular complexity index is 1250. The lowest BCUT2D eigenvalue weighted by Gasteiger charge is -2.13. The average molecular weight is 414 g/mol. The van der Waals surface area contributed by atoms with E-state index in [4.69, 9.17) is 10.1 Å². The zero-order chi connectivity index (χ0) is 22.2. The molecule has 3 heterocycles. The van der Waals surface area contributed by atoms with Crippen LogP contribution < -0.4 is 5.32 Å². The average Bonchev–Trinajstić information content (AvgIpc) is 3.16. The zero-order valence-corrected chi connectivity index (χ0v) is 18.6. The minimum Gasteiger partial charge on any atom is -0.310 e. The highest BCUT2D eigenvalue weighted by Gasteiger charge is 2.22. The van der Waals surface area contributed by atoms with E-state index in [1.807, 2.05) is 55.5 Å².